The molecule has 0 aliphatic carbocycles. The molecule has 0 saturated heterocycles. The normalized spacial score (nSPS) is 10.5. The first kappa shape index (κ1) is 17.5. The van der Waals surface area contributed by atoms with Crippen molar-refractivity contribution in [1.82, 2.24) is 5.32 Å². The van der Waals surface area contributed by atoms with E-state index in [1.54, 1.807) is 6.07 Å². The quantitative estimate of drug-likeness (QED) is 0.580. The number of nitrogens with one attached hydrogen (secondary N) is 1. The van der Waals surface area contributed by atoms with Gasteiger partial charge in [0, 0.05) is 25.3 Å². The van der Waals surface area contributed by atoms with Crippen LogP contribution in [0.1, 0.15) is 31.7 Å². The number of para-hydroxylation sites is 1. The summed E-state index contributed by atoms with van der Waals surface area (Å²) in [6.07, 6.45) is 3.23. The van der Waals surface area contributed by atoms with Gasteiger partial charge in [-0.2, -0.15) is 0 Å². The number of hydrogen-bond acceptors (Lipinski definition) is 4. The Morgan fingerprint density at radius 2 is 2.00 bits per heavy atom. The molecule has 0 aromatic heterocycles. The first-order valence-electron chi connectivity index (χ1n) is 7.45. The van der Waals surface area contributed by atoms with Crippen molar-refractivity contribution in [3.05, 3.63) is 29.8 Å². The highest BCUT2D eigenvalue weighted by atomic mass is 16.5. The van der Waals surface area contributed by atoms with Crippen molar-refractivity contribution in [1.29, 1.82) is 0 Å². The van der Waals surface area contributed by atoms with E-state index >= 15 is 0 Å². The summed E-state index contributed by atoms with van der Waals surface area (Å²) in [7, 11) is 0. The number of carboxylic acids is 1. The highest BCUT2D eigenvalue weighted by Gasteiger charge is 2.04. The molecule has 0 unspecified atom stereocenters. The van der Waals surface area contributed by atoms with Crippen molar-refractivity contribution in [3.63, 3.8) is 0 Å². The molecule has 5 heteroatoms. The zero-order valence-electron chi connectivity index (χ0n) is 12.6. The van der Waals surface area contributed by atoms with Gasteiger partial charge in [-0.3, -0.25) is 0 Å². The van der Waals surface area contributed by atoms with E-state index in [9.17, 15) is 4.79 Å². The van der Waals surface area contributed by atoms with Crippen LogP contribution in [0, 0.1) is 0 Å². The van der Waals surface area contributed by atoms with E-state index in [4.69, 9.17) is 14.6 Å². The standard InChI is InChI=1S/C16H25NO4/c1-2-3-10-20-11-6-9-17-12-14-7-4-5-8-15(14)21-13-16(18)19/h4-5,7-8,17H,2-3,6,9-13H2,1H3,(H,18,19). The summed E-state index contributed by atoms with van der Waals surface area (Å²) in [6.45, 7) is 4.95. The number of ether oxygens (including phenoxy) is 2. The van der Waals surface area contributed by atoms with E-state index < -0.39 is 5.97 Å². The van der Waals surface area contributed by atoms with Crippen LogP contribution >= 0.6 is 0 Å². The van der Waals surface area contributed by atoms with Crippen molar-refractivity contribution in [3.8, 4) is 5.75 Å². The molecule has 0 heterocycles. The summed E-state index contributed by atoms with van der Waals surface area (Å²) in [4.78, 5) is 10.5. The second kappa shape index (κ2) is 11.1. The van der Waals surface area contributed by atoms with Crippen LogP contribution in [-0.4, -0.2) is 37.4 Å². The number of aliphatic carboxylic acids is 1. The van der Waals surface area contributed by atoms with E-state index in [0.29, 0.717) is 12.3 Å². The Labute approximate surface area is 126 Å². The number of carboxylic acid groups (broad SMARTS) is 1. The summed E-state index contributed by atoms with van der Waals surface area (Å²) < 4.78 is 10.7. The van der Waals surface area contributed by atoms with Gasteiger partial charge in [0.2, 0.25) is 0 Å². The zero-order chi connectivity index (χ0) is 15.3. The summed E-state index contributed by atoms with van der Waals surface area (Å²) in [5.74, 6) is -0.353. The van der Waals surface area contributed by atoms with Crippen LogP contribution in [0.3, 0.4) is 0 Å². The Balaban J connectivity index is 2.20. The SMILES string of the molecule is CCCCOCCCNCc1ccccc1OCC(=O)O. The fourth-order valence-corrected chi connectivity index (χ4v) is 1.80. The Hall–Kier alpha value is -1.59. The van der Waals surface area contributed by atoms with Crippen LogP contribution in [0.2, 0.25) is 0 Å². The van der Waals surface area contributed by atoms with Crippen LogP contribution in [0.4, 0.5) is 0 Å². The predicted molar refractivity (Wildman–Crippen MR) is 81.6 cm³/mol. The van der Waals surface area contributed by atoms with Gasteiger partial charge in [-0.1, -0.05) is 31.5 Å². The molecule has 0 amide bonds. The molecular weight excluding hydrogens is 270 g/mol. The van der Waals surface area contributed by atoms with Gasteiger partial charge in [0.25, 0.3) is 0 Å². The number of rotatable bonds is 12. The van der Waals surface area contributed by atoms with Gasteiger partial charge >= 0.3 is 5.97 Å². The average Bonchev–Trinajstić information content (AvgIpc) is 2.48. The summed E-state index contributed by atoms with van der Waals surface area (Å²) in [5, 5.41) is 12.0. The molecule has 0 bridgehead atoms. The maximum Gasteiger partial charge on any atom is 0.341 e. The molecule has 0 atom stereocenters. The smallest absolute Gasteiger partial charge is 0.341 e. The van der Waals surface area contributed by atoms with Gasteiger partial charge in [0.15, 0.2) is 6.61 Å². The van der Waals surface area contributed by atoms with Crippen LogP contribution in [0.15, 0.2) is 24.3 Å². The van der Waals surface area contributed by atoms with Gasteiger partial charge in [-0.15, -0.1) is 0 Å². The first-order chi connectivity index (χ1) is 10.2. The molecule has 0 saturated carbocycles. The number of benzene rings is 1. The molecule has 118 valence electrons. The summed E-state index contributed by atoms with van der Waals surface area (Å²) in [6, 6.07) is 7.47. The van der Waals surface area contributed by atoms with E-state index in [0.717, 1.165) is 44.6 Å². The molecule has 0 aliphatic heterocycles. The summed E-state index contributed by atoms with van der Waals surface area (Å²) in [5.41, 5.74) is 0.964. The molecule has 1 aromatic carbocycles. The highest BCUT2D eigenvalue weighted by molar-refractivity contribution is 5.68. The number of hydrogen-bond donors (Lipinski definition) is 2. The lowest BCUT2D eigenvalue weighted by molar-refractivity contribution is -0.139. The van der Waals surface area contributed by atoms with E-state index in [-0.39, 0.29) is 6.61 Å². The Kier molecular flexibility index (Phi) is 9.24. The molecule has 5 nitrogen and oxygen atoms in total. The van der Waals surface area contributed by atoms with E-state index in [1.807, 2.05) is 18.2 Å². The van der Waals surface area contributed by atoms with Crippen LogP contribution in [0.25, 0.3) is 0 Å². The molecule has 0 aliphatic rings. The van der Waals surface area contributed by atoms with Gasteiger partial charge < -0.3 is 19.9 Å². The topological polar surface area (TPSA) is 67.8 Å². The monoisotopic (exact) mass is 295 g/mol. The molecule has 0 radical (unpaired) electrons. The number of carbonyl (C=O) groups is 1. The number of unbranched alkanes of at least 4 members (excludes halogenated alkanes) is 1. The largest absolute Gasteiger partial charge is 0.482 e. The second-order valence-corrected chi connectivity index (χ2v) is 4.79. The molecule has 21 heavy (non-hydrogen) atoms. The first-order valence-corrected chi connectivity index (χ1v) is 7.45. The van der Waals surface area contributed by atoms with Gasteiger partial charge in [-0.05, 0) is 25.5 Å². The van der Waals surface area contributed by atoms with Crippen molar-refractivity contribution in [2.75, 3.05) is 26.4 Å². The molecule has 0 fully saturated rings. The fourth-order valence-electron chi connectivity index (χ4n) is 1.80. The lowest BCUT2D eigenvalue weighted by Crippen LogP contribution is -2.18. The maximum atomic E-state index is 10.5. The van der Waals surface area contributed by atoms with Crippen LogP contribution < -0.4 is 10.1 Å². The Morgan fingerprint density at radius 1 is 1.24 bits per heavy atom. The maximum absolute atomic E-state index is 10.5. The minimum absolute atomic E-state index is 0.317. The lowest BCUT2D eigenvalue weighted by Gasteiger charge is -2.11. The van der Waals surface area contributed by atoms with Crippen molar-refractivity contribution >= 4 is 5.97 Å². The molecule has 1 aromatic rings. The predicted octanol–water partition coefficient (Wildman–Crippen LogP) is 2.45. The third-order valence-corrected chi connectivity index (χ3v) is 2.92. The Morgan fingerprint density at radius 3 is 2.76 bits per heavy atom. The fraction of sp³-hybridized carbons (Fsp3) is 0.562. The van der Waals surface area contributed by atoms with E-state index in [2.05, 4.69) is 12.2 Å². The lowest BCUT2D eigenvalue weighted by atomic mass is 10.2. The highest BCUT2D eigenvalue weighted by Crippen LogP contribution is 2.17. The Bertz CT molecular complexity index is 409. The zero-order valence-corrected chi connectivity index (χ0v) is 12.6. The van der Waals surface area contributed by atoms with Gasteiger partial charge in [0.1, 0.15) is 5.75 Å². The minimum atomic E-state index is -0.970. The van der Waals surface area contributed by atoms with Crippen LogP contribution in [-0.2, 0) is 16.1 Å². The average molecular weight is 295 g/mol. The van der Waals surface area contributed by atoms with E-state index in [1.165, 1.54) is 0 Å². The van der Waals surface area contributed by atoms with Gasteiger partial charge in [0.05, 0.1) is 0 Å². The minimum Gasteiger partial charge on any atom is -0.482 e. The van der Waals surface area contributed by atoms with Crippen molar-refractivity contribution < 1.29 is 19.4 Å². The third-order valence-electron chi connectivity index (χ3n) is 2.92. The molecular formula is C16H25NO4. The molecule has 1 rings (SSSR count). The van der Waals surface area contributed by atoms with Gasteiger partial charge in [-0.25, -0.2) is 4.79 Å². The molecule has 0 spiro atoms. The summed E-state index contributed by atoms with van der Waals surface area (Å²) >= 11 is 0. The van der Waals surface area contributed by atoms with Crippen LogP contribution in [0.5, 0.6) is 5.75 Å². The molecule has 2 N–H and O–H groups in total. The van der Waals surface area contributed by atoms with Crippen molar-refractivity contribution in [2.45, 2.75) is 32.7 Å². The second-order valence-electron chi connectivity index (χ2n) is 4.79. The van der Waals surface area contributed by atoms with Crippen molar-refractivity contribution in [2.24, 2.45) is 0 Å². The third kappa shape index (κ3) is 8.32.